The van der Waals surface area contributed by atoms with Crippen LogP contribution >= 0.6 is 0 Å². The average Bonchev–Trinajstić information content (AvgIpc) is 2.65. The van der Waals surface area contributed by atoms with E-state index in [1.165, 1.54) is 13.2 Å². The maximum atomic E-state index is 14.0. The lowest BCUT2D eigenvalue weighted by Crippen LogP contribution is -2.42. The quantitative estimate of drug-likeness (QED) is 0.896. The SMILES string of the molecule is COc1ccc(NC(=O)N2CCCC(c3cc(F)ccc3F)C2)c(C)n1. The predicted molar refractivity (Wildman–Crippen MR) is 94.5 cm³/mol. The number of piperidine rings is 1. The zero-order chi connectivity index (χ0) is 18.7. The molecule has 7 heteroatoms. The summed E-state index contributed by atoms with van der Waals surface area (Å²) < 4.78 is 32.6. The van der Waals surface area contributed by atoms with Crippen LogP contribution < -0.4 is 10.1 Å². The van der Waals surface area contributed by atoms with Crippen LogP contribution in [0.5, 0.6) is 5.88 Å². The summed E-state index contributed by atoms with van der Waals surface area (Å²) in [5, 5.41) is 2.83. The summed E-state index contributed by atoms with van der Waals surface area (Å²) in [4.78, 5) is 18.4. The van der Waals surface area contributed by atoms with Crippen LogP contribution in [0.25, 0.3) is 0 Å². The standard InChI is InChI=1S/C19H21F2N3O2/c1-12-17(7-8-18(22-12)26-2)23-19(25)24-9-3-4-13(11-24)15-10-14(20)5-6-16(15)21/h5-8,10,13H,3-4,9,11H2,1-2H3,(H,23,25). The summed E-state index contributed by atoms with van der Waals surface area (Å²) >= 11 is 0. The first-order valence-electron chi connectivity index (χ1n) is 8.50. The first kappa shape index (κ1) is 18.1. The minimum absolute atomic E-state index is 0.222. The number of nitrogens with one attached hydrogen (secondary N) is 1. The first-order chi connectivity index (χ1) is 12.5. The molecule has 1 N–H and O–H groups in total. The number of hydrogen-bond acceptors (Lipinski definition) is 3. The van der Waals surface area contributed by atoms with Gasteiger partial charge in [-0.15, -0.1) is 0 Å². The molecule has 1 aliphatic heterocycles. The number of aryl methyl sites for hydroxylation is 1. The van der Waals surface area contributed by atoms with Crippen molar-refractivity contribution in [1.82, 2.24) is 9.88 Å². The zero-order valence-corrected chi connectivity index (χ0v) is 14.8. The Morgan fingerprint density at radius 2 is 2.12 bits per heavy atom. The largest absolute Gasteiger partial charge is 0.481 e. The highest BCUT2D eigenvalue weighted by molar-refractivity contribution is 5.90. The van der Waals surface area contributed by atoms with Gasteiger partial charge in [-0.05, 0) is 49.6 Å². The van der Waals surface area contributed by atoms with Gasteiger partial charge in [0.05, 0.1) is 18.5 Å². The molecule has 1 saturated heterocycles. The van der Waals surface area contributed by atoms with E-state index in [2.05, 4.69) is 10.3 Å². The predicted octanol–water partition coefficient (Wildman–Crippen LogP) is 4.09. The van der Waals surface area contributed by atoms with Crippen LogP contribution in [0.4, 0.5) is 19.3 Å². The highest BCUT2D eigenvalue weighted by Crippen LogP contribution is 2.30. The number of carbonyl (C=O) groups is 1. The van der Waals surface area contributed by atoms with Crippen molar-refractivity contribution in [2.24, 2.45) is 0 Å². The molecule has 1 aromatic carbocycles. The van der Waals surface area contributed by atoms with Gasteiger partial charge in [0.1, 0.15) is 11.6 Å². The number of halogens is 2. The number of urea groups is 1. The fraction of sp³-hybridized carbons (Fsp3) is 0.368. The van der Waals surface area contributed by atoms with Crippen LogP contribution in [0.15, 0.2) is 30.3 Å². The number of likely N-dealkylation sites (tertiary alicyclic amines) is 1. The van der Waals surface area contributed by atoms with E-state index in [0.29, 0.717) is 42.3 Å². The van der Waals surface area contributed by atoms with Gasteiger partial charge in [0.2, 0.25) is 5.88 Å². The third kappa shape index (κ3) is 3.92. The topological polar surface area (TPSA) is 54.5 Å². The second-order valence-electron chi connectivity index (χ2n) is 6.37. The summed E-state index contributed by atoms with van der Waals surface area (Å²) in [6.07, 6.45) is 1.45. The third-order valence-electron chi connectivity index (χ3n) is 4.62. The summed E-state index contributed by atoms with van der Waals surface area (Å²) in [6, 6.07) is 6.58. The lowest BCUT2D eigenvalue weighted by Gasteiger charge is -2.33. The van der Waals surface area contributed by atoms with Crippen LogP contribution in [0.1, 0.15) is 30.0 Å². The fourth-order valence-electron chi connectivity index (χ4n) is 3.22. The van der Waals surface area contributed by atoms with E-state index in [4.69, 9.17) is 4.74 Å². The molecule has 138 valence electrons. The molecule has 0 saturated carbocycles. The van der Waals surface area contributed by atoms with Crippen molar-refractivity contribution < 1.29 is 18.3 Å². The van der Waals surface area contributed by atoms with Crippen molar-refractivity contribution in [2.45, 2.75) is 25.7 Å². The highest BCUT2D eigenvalue weighted by atomic mass is 19.1. The monoisotopic (exact) mass is 361 g/mol. The number of rotatable bonds is 3. The molecule has 1 fully saturated rings. The highest BCUT2D eigenvalue weighted by Gasteiger charge is 2.27. The third-order valence-corrected chi connectivity index (χ3v) is 4.62. The molecular formula is C19H21F2N3O2. The van der Waals surface area contributed by atoms with Gasteiger partial charge in [-0.1, -0.05) is 0 Å². The van der Waals surface area contributed by atoms with Gasteiger partial charge in [-0.3, -0.25) is 0 Å². The number of benzene rings is 1. The summed E-state index contributed by atoms with van der Waals surface area (Å²) in [5.41, 5.74) is 1.56. The molecular weight excluding hydrogens is 340 g/mol. The molecule has 1 unspecified atom stereocenters. The number of carbonyl (C=O) groups excluding carboxylic acids is 1. The maximum Gasteiger partial charge on any atom is 0.321 e. The van der Waals surface area contributed by atoms with Gasteiger partial charge >= 0.3 is 6.03 Å². The molecule has 1 atom stereocenters. The van der Waals surface area contributed by atoms with Crippen LogP contribution in [0.2, 0.25) is 0 Å². The fourth-order valence-corrected chi connectivity index (χ4v) is 3.22. The number of methoxy groups -OCH3 is 1. The Hall–Kier alpha value is -2.70. The summed E-state index contributed by atoms with van der Waals surface area (Å²) in [6.45, 7) is 2.69. The van der Waals surface area contributed by atoms with Crippen molar-refractivity contribution in [1.29, 1.82) is 0 Å². The molecule has 0 bridgehead atoms. The Balaban J connectivity index is 1.71. The number of aromatic nitrogens is 1. The molecule has 2 aromatic rings. The summed E-state index contributed by atoms with van der Waals surface area (Å²) in [7, 11) is 1.53. The van der Waals surface area contributed by atoms with Crippen molar-refractivity contribution in [3.8, 4) is 5.88 Å². The Morgan fingerprint density at radius 3 is 2.85 bits per heavy atom. The number of anilines is 1. The second kappa shape index (κ2) is 7.68. The molecule has 0 radical (unpaired) electrons. The van der Waals surface area contributed by atoms with E-state index in [0.717, 1.165) is 18.6 Å². The van der Waals surface area contributed by atoms with Crippen molar-refractivity contribution in [3.63, 3.8) is 0 Å². The van der Waals surface area contributed by atoms with E-state index in [1.54, 1.807) is 24.0 Å². The average molecular weight is 361 g/mol. The van der Waals surface area contributed by atoms with E-state index < -0.39 is 11.6 Å². The van der Waals surface area contributed by atoms with E-state index in [9.17, 15) is 13.6 Å². The minimum atomic E-state index is -0.470. The molecule has 2 amide bonds. The number of hydrogen-bond donors (Lipinski definition) is 1. The first-order valence-corrected chi connectivity index (χ1v) is 8.50. The van der Waals surface area contributed by atoms with Crippen LogP contribution in [-0.4, -0.2) is 36.1 Å². The molecule has 1 aromatic heterocycles. The molecule has 3 rings (SSSR count). The summed E-state index contributed by atoms with van der Waals surface area (Å²) in [5.74, 6) is -0.655. The van der Waals surface area contributed by atoms with E-state index in [1.807, 2.05) is 0 Å². The molecule has 1 aliphatic rings. The van der Waals surface area contributed by atoms with Crippen molar-refractivity contribution in [3.05, 3.63) is 53.2 Å². The lowest BCUT2D eigenvalue weighted by molar-refractivity contribution is 0.192. The molecule has 2 heterocycles. The van der Waals surface area contributed by atoms with Crippen LogP contribution in [0, 0.1) is 18.6 Å². The van der Waals surface area contributed by atoms with Gasteiger partial charge in [0.25, 0.3) is 0 Å². The number of nitrogens with zero attached hydrogens (tertiary/aromatic N) is 2. The van der Waals surface area contributed by atoms with Crippen LogP contribution in [-0.2, 0) is 0 Å². The molecule has 5 nitrogen and oxygen atoms in total. The minimum Gasteiger partial charge on any atom is -0.481 e. The number of pyridine rings is 1. The van der Waals surface area contributed by atoms with Crippen LogP contribution in [0.3, 0.4) is 0 Å². The lowest BCUT2D eigenvalue weighted by atomic mass is 9.90. The van der Waals surface area contributed by atoms with Crippen molar-refractivity contribution in [2.75, 3.05) is 25.5 Å². The Labute approximate surface area is 151 Å². The molecule has 0 aliphatic carbocycles. The molecule has 26 heavy (non-hydrogen) atoms. The van der Waals surface area contributed by atoms with Crippen molar-refractivity contribution >= 4 is 11.7 Å². The maximum absolute atomic E-state index is 14.0. The van der Waals surface area contributed by atoms with Gasteiger partial charge in [-0.25, -0.2) is 18.6 Å². The smallest absolute Gasteiger partial charge is 0.321 e. The van der Waals surface area contributed by atoms with Gasteiger partial charge < -0.3 is 15.0 Å². The molecule has 0 spiro atoms. The Morgan fingerprint density at radius 1 is 1.31 bits per heavy atom. The second-order valence-corrected chi connectivity index (χ2v) is 6.37. The van der Waals surface area contributed by atoms with E-state index in [-0.39, 0.29) is 11.9 Å². The van der Waals surface area contributed by atoms with E-state index >= 15 is 0 Å². The number of ether oxygens (including phenoxy) is 1. The Kier molecular flexibility index (Phi) is 5.35. The zero-order valence-electron chi connectivity index (χ0n) is 14.8. The van der Waals surface area contributed by atoms with Gasteiger partial charge in [0, 0.05) is 25.1 Å². The van der Waals surface area contributed by atoms with Gasteiger partial charge in [-0.2, -0.15) is 0 Å². The Bertz CT molecular complexity index is 813. The number of amides is 2. The normalized spacial score (nSPS) is 17.1. The van der Waals surface area contributed by atoms with Gasteiger partial charge in [0.15, 0.2) is 0 Å².